The molecule has 2 rings (SSSR count). The quantitative estimate of drug-likeness (QED) is 0.460. The van der Waals surface area contributed by atoms with Crippen molar-refractivity contribution in [3.63, 3.8) is 0 Å². The van der Waals surface area contributed by atoms with E-state index in [1.807, 2.05) is 0 Å². The molecular weight excluding hydrogens is 390 g/mol. The minimum absolute atomic E-state index is 0.191. The molecular formula is C13H8ClF3NO6P. The van der Waals surface area contributed by atoms with Crippen LogP contribution in [0.15, 0.2) is 36.4 Å². The van der Waals surface area contributed by atoms with Gasteiger partial charge in [-0.15, -0.1) is 0 Å². The number of alkyl halides is 3. The Morgan fingerprint density at radius 1 is 1.16 bits per heavy atom. The molecule has 12 heteroatoms. The molecule has 2 N–H and O–H groups in total. The zero-order valence-electron chi connectivity index (χ0n) is 11.9. The second-order valence-electron chi connectivity index (χ2n) is 4.70. The molecule has 0 fully saturated rings. The molecule has 0 amide bonds. The van der Waals surface area contributed by atoms with Crippen molar-refractivity contribution in [2.75, 3.05) is 0 Å². The Morgan fingerprint density at radius 3 is 2.32 bits per heavy atom. The largest absolute Gasteiger partial charge is 0.456 e. The van der Waals surface area contributed by atoms with E-state index in [0.29, 0.717) is 12.1 Å². The van der Waals surface area contributed by atoms with Crippen molar-refractivity contribution in [2.45, 2.75) is 6.18 Å². The van der Waals surface area contributed by atoms with E-state index in [-0.39, 0.29) is 10.8 Å². The Labute approximate surface area is 142 Å². The first-order valence-electron chi connectivity index (χ1n) is 6.29. The molecule has 0 saturated carbocycles. The minimum Gasteiger partial charge on any atom is -0.456 e. The third-order valence-corrected chi connectivity index (χ3v) is 4.24. The zero-order valence-corrected chi connectivity index (χ0v) is 13.5. The summed E-state index contributed by atoms with van der Waals surface area (Å²) in [5.74, 6) is -0.757. The van der Waals surface area contributed by atoms with Gasteiger partial charge in [-0.05, 0) is 24.3 Å². The van der Waals surface area contributed by atoms with Gasteiger partial charge in [0.15, 0.2) is 0 Å². The minimum atomic E-state index is -5.02. The van der Waals surface area contributed by atoms with Gasteiger partial charge in [0.1, 0.15) is 16.8 Å². The van der Waals surface area contributed by atoms with Crippen molar-refractivity contribution in [1.82, 2.24) is 0 Å². The van der Waals surface area contributed by atoms with Gasteiger partial charge in [-0.2, -0.15) is 13.2 Å². The topological polar surface area (TPSA) is 110 Å². The molecule has 25 heavy (non-hydrogen) atoms. The van der Waals surface area contributed by atoms with Gasteiger partial charge >= 0.3 is 13.8 Å². The number of nitro benzene ring substituents is 1. The lowest BCUT2D eigenvalue weighted by atomic mass is 10.2. The number of ether oxygens (including phenoxy) is 1. The number of nitrogens with zero attached hydrogens (tertiary/aromatic N) is 1. The Hall–Kier alpha value is -2.13. The number of nitro groups is 1. The van der Waals surface area contributed by atoms with E-state index in [4.69, 9.17) is 16.3 Å². The number of halogens is 4. The van der Waals surface area contributed by atoms with Crippen LogP contribution < -0.4 is 10.0 Å². The van der Waals surface area contributed by atoms with Gasteiger partial charge in [0, 0.05) is 12.1 Å². The Bertz CT molecular complexity index is 883. The third-order valence-electron chi connectivity index (χ3n) is 2.94. The van der Waals surface area contributed by atoms with Gasteiger partial charge in [-0.1, -0.05) is 11.6 Å². The van der Waals surface area contributed by atoms with E-state index in [1.54, 1.807) is 0 Å². The molecule has 7 nitrogen and oxygen atoms in total. The normalized spacial score (nSPS) is 12.1. The van der Waals surface area contributed by atoms with E-state index in [0.717, 1.165) is 24.3 Å². The molecule has 0 spiro atoms. The van der Waals surface area contributed by atoms with Gasteiger partial charge in [0.05, 0.1) is 15.5 Å². The van der Waals surface area contributed by atoms with Gasteiger partial charge in [0.2, 0.25) is 0 Å². The highest BCUT2D eigenvalue weighted by molar-refractivity contribution is 7.60. The highest BCUT2D eigenvalue weighted by Gasteiger charge is 2.32. The van der Waals surface area contributed by atoms with Crippen molar-refractivity contribution < 1.29 is 37.2 Å². The van der Waals surface area contributed by atoms with Crippen LogP contribution in [0, 0.1) is 10.1 Å². The van der Waals surface area contributed by atoms with E-state index < -0.39 is 41.0 Å². The molecule has 0 aliphatic heterocycles. The standard InChI is InChI=1S/C13H8ClF3NO6P/c14-9-3-1-7(13(15,16)17)5-11(9)24-8-2-4-10(18(19)20)12(6-8)25(21,22)23/h1-6H,(H2,21,22,23). The molecule has 0 atom stereocenters. The number of hydrogen-bond acceptors (Lipinski definition) is 4. The van der Waals surface area contributed by atoms with Gasteiger partial charge in [-0.3, -0.25) is 14.7 Å². The summed E-state index contributed by atoms with van der Waals surface area (Å²) in [5.41, 5.74) is -1.90. The fraction of sp³-hybridized carbons (Fsp3) is 0.0769. The molecule has 0 unspecified atom stereocenters. The maximum absolute atomic E-state index is 12.7. The van der Waals surface area contributed by atoms with Crippen molar-refractivity contribution in [1.29, 1.82) is 0 Å². The molecule has 0 heterocycles. The molecule has 0 bridgehead atoms. The number of benzene rings is 2. The van der Waals surface area contributed by atoms with E-state index in [9.17, 15) is 37.6 Å². The Kier molecular flexibility index (Phi) is 5.10. The summed E-state index contributed by atoms with van der Waals surface area (Å²) in [6, 6.07) is 4.69. The van der Waals surface area contributed by atoms with Gasteiger partial charge in [-0.25, -0.2) is 0 Å². The maximum atomic E-state index is 12.7. The SMILES string of the molecule is O=[N+]([O-])c1ccc(Oc2cc(C(F)(F)F)ccc2Cl)cc1P(=O)(O)O. The lowest BCUT2D eigenvalue weighted by molar-refractivity contribution is -0.383. The van der Waals surface area contributed by atoms with Gasteiger partial charge in [0.25, 0.3) is 5.69 Å². The average molecular weight is 398 g/mol. The monoisotopic (exact) mass is 397 g/mol. The van der Waals surface area contributed by atoms with Crippen LogP contribution in [0.2, 0.25) is 5.02 Å². The van der Waals surface area contributed by atoms with Gasteiger partial charge < -0.3 is 14.5 Å². The van der Waals surface area contributed by atoms with Crippen LogP contribution in [0.1, 0.15) is 5.56 Å². The molecule has 0 aromatic heterocycles. The first kappa shape index (κ1) is 19.2. The Morgan fingerprint density at radius 2 is 1.80 bits per heavy atom. The summed E-state index contributed by atoms with van der Waals surface area (Å²) in [4.78, 5) is 28.2. The third kappa shape index (κ3) is 4.49. The zero-order chi connectivity index (χ0) is 19.0. The highest BCUT2D eigenvalue weighted by atomic mass is 35.5. The summed E-state index contributed by atoms with van der Waals surface area (Å²) in [6.07, 6.45) is -4.66. The maximum Gasteiger partial charge on any atom is 0.416 e. The predicted octanol–water partition coefficient (Wildman–Crippen LogP) is 3.86. The molecule has 0 radical (unpaired) electrons. The fourth-order valence-electron chi connectivity index (χ4n) is 1.84. The molecule has 2 aromatic carbocycles. The average Bonchev–Trinajstić information content (AvgIpc) is 2.47. The van der Waals surface area contributed by atoms with E-state index in [2.05, 4.69) is 0 Å². The number of rotatable bonds is 4. The van der Waals surface area contributed by atoms with Crippen LogP contribution in [-0.2, 0) is 10.7 Å². The lowest BCUT2D eigenvalue weighted by Crippen LogP contribution is -2.10. The predicted molar refractivity (Wildman–Crippen MR) is 81.3 cm³/mol. The summed E-state index contributed by atoms with van der Waals surface area (Å²) < 4.78 is 54.7. The second-order valence-corrected chi connectivity index (χ2v) is 6.67. The second kappa shape index (κ2) is 6.64. The van der Waals surface area contributed by atoms with Crippen molar-refractivity contribution in [3.05, 3.63) is 57.1 Å². The first-order chi connectivity index (χ1) is 11.4. The van der Waals surface area contributed by atoms with Crippen molar-refractivity contribution in [2.24, 2.45) is 0 Å². The van der Waals surface area contributed by atoms with Crippen LogP contribution in [0.25, 0.3) is 0 Å². The van der Waals surface area contributed by atoms with Crippen LogP contribution in [0.4, 0.5) is 18.9 Å². The summed E-state index contributed by atoms with van der Waals surface area (Å²) in [6.45, 7) is 0. The lowest BCUT2D eigenvalue weighted by Gasteiger charge is -2.13. The van der Waals surface area contributed by atoms with Crippen molar-refractivity contribution >= 4 is 30.2 Å². The highest BCUT2D eigenvalue weighted by Crippen LogP contribution is 2.40. The summed E-state index contributed by atoms with van der Waals surface area (Å²) in [7, 11) is -5.02. The summed E-state index contributed by atoms with van der Waals surface area (Å²) >= 11 is 5.75. The summed E-state index contributed by atoms with van der Waals surface area (Å²) in [5, 5.41) is 9.70. The molecule has 0 aliphatic rings. The van der Waals surface area contributed by atoms with Crippen LogP contribution in [0.5, 0.6) is 11.5 Å². The fourth-order valence-corrected chi connectivity index (χ4v) is 2.75. The van der Waals surface area contributed by atoms with Crippen LogP contribution in [-0.4, -0.2) is 14.7 Å². The van der Waals surface area contributed by atoms with Crippen LogP contribution in [0.3, 0.4) is 0 Å². The molecule has 134 valence electrons. The molecule has 0 saturated heterocycles. The van der Waals surface area contributed by atoms with E-state index in [1.165, 1.54) is 0 Å². The molecule has 0 aliphatic carbocycles. The first-order valence-corrected chi connectivity index (χ1v) is 8.28. The Balaban J connectivity index is 2.48. The number of hydrogen-bond donors (Lipinski definition) is 2. The van der Waals surface area contributed by atoms with Crippen molar-refractivity contribution in [3.8, 4) is 11.5 Å². The molecule has 2 aromatic rings. The van der Waals surface area contributed by atoms with E-state index >= 15 is 0 Å². The van der Waals surface area contributed by atoms with Crippen LogP contribution >= 0.6 is 19.2 Å². The smallest absolute Gasteiger partial charge is 0.416 e.